The van der Waals surface area contributed by atoms with Crippen LogP contribution in [-0.2, 0) is 6.42 Å². The normalized spacial score (nSPS) is 13.0. The topological polar surface area (TPSA) is 75.2 Å². The number of para-hydroxylation sites is 1. The van der Waals surface area contributed by atoms with Gasteiger partial charge in [-0.05, 0) is 43.5 Å². The molecule has 3 aromatic rings. The van der Waals surface area contributed by atoms with Gasteiger partial charge in [-0.1, -0.05) is 30.3 Å². The first-order valence-electron chi connectivity index (χ1n) is 9.21. The summed E-state index contributed by atoms with van der Waals surface area (Å²) in [6.45, 7) is 2.34. The molecule has 4 rings (SSSR count). The molecule has 6 nitrogen and oxygen atoms in total. The molecule has 1 aromatic heterocycles. The van der Waals surface area contributed by atoms with E-state index >= 15 is 0 Å². The van der Waals surface area contributed by atoms with Gasteiger partial charge in [0.05, 0.1) is 5.56 Å². The number of ketones is 1. The van der Waals surface area contributed by atoms with E-state index in [1.54, 1.807) is 24.3 Å². The van der Waals surface area contributed by atoms with Crippen LogP contribution in [-0.4, -0.2) is 28.2 Å². The summed E-state index contributed by atoms with van der Waals surface area (Å²) in [5.74, 6) is 0.221. The molecular formula is C22H20N4O2. The Morgan fingerprint density at radius 3 is 2.57 bits per heavy atom. The number of anilines is 3. The standard InChI is InChI=1S/C22H20N4O2/c1-15(27)17-7-4-9-19(12-17)25-21(28)18-13-23-22(24-14-18)26-11-5-8-16-6-2-3-10-20(16)26/h2-4,6-7,9-10,12-14H,5,8,11H2,1H3,(H,25,28). The van der Waals surface area contributed by atoms with Crippen molar-refractivity contribution in [2.75, 3.05) is 16.8 Å². The molecule has 1 amide bonds. The summed E-state index contributed by atoms with van der Waals surface area (Å²) in [7, 11) is 0. The Morgan fingerprint density at radius 2 is 1.79 bits per heavy atom. The molecule has 0 radical (unpaired) electrons. The number of carbonyl (C=O) groups excluding carboxylic acids is 2. The van der Waals surface area contributed by atoms with Crippen LogP contribution in [0.1, 0.15) is 39.6 Å². The Bertz CT molecular complexity index is 1030. The number of rotatable bonds is 4. The molecule has 0 saturated heterocycles. The summed E-state index contributed by atoms with van der Waals surface area (Å²) in [6, 6.07) is 15.1. The lowest BCUT2D eigenvalue weighted by Crippen LogP contribution is -2.26. The monoisotopic (exact) mass is 372 g/mol. The van der Waals surface area contributed by atoms with E-state index in [-0.39, 0.29) is 11.7 Å². The van der Waals surface area contributed by atoms with Gasteiger partial charge in [-0.3, -0.25) is 9.59 Å². The second kappa shape index (κ2) is 7.60. The van der Waals surface area contributed by atoms with Crippen LogP contribution in [0.5, 0.6) is 0 Å². The predicted octanol–water partition coefficient (Wildman–Crippen LogP) is 4.02. The van der Waals surface area contributed by atoms with E-state index in [2.05, 4.69) is 32.3 Å². The second-order valence-electron chi connectivity index (χ2n) is 6.75. The smallest absolute Gasteiger partial charge is 0.258 e. The number of amides is 1. The van der Waals surface area contributed by atoms with Crippen LogP contribution in [0.3, 0.4) is 0 Å². The van der Waals surface area contributed by atoms with Crippen LogP contribution in [0.4, 0.5) is 17.3 Å². The third-order valence-electron chi connectivity index (χ3n) is 4.78. The number of hydrogen-bond acceptors (Lipinski definition) is 5. The van der Waals surface area contributed by atoms with Gasteiger partial charge < -0.3 is 10.2 Å². The van der Waals surface area contributed by atoms with Gasteiger partial charge in [-0.15, -0.1) is 0 Å². The number of benzene rings is 2. The van der Waals surface area contributed by atoms with Gasteiger partial charge in [0, 0.05) is 35.9 Å². The molecule has 2 heterocycles. The SMILES string of the molecule is CC(=O)c1cccc(NC(=O)c2cnc(N3CCCc4ccccc43)nc2)c1. The molecule has 140 valence electrons. The number of nitrogens with one attached hydrogen (secondary N) is 1. The molecule has 1 aliphatic rings. The molecule has 0 atom stereocenters. The van der Waals surface area contributed by atoms with Crippen molar-refractivity contribution in [2.45, 2.75) is 19.8 Å². The first-order chi connectivity index (χ1) is 13.6. The van der Waals surface area contributed by atoms with Gasteiger partial charge in [0.15, 0.2) is 5.78 Å². The average Bonchev–Trinajstić information content (AvgIpc) is 2.73. The summed E-state index contributed by atoms with van der Waals surface area (Å²) in [5.41, 5.74) is 3.87. The molecule has 28 heavy (non-hydrogen) atoms. The summed E-state index contributed by atoms with van der Waals surface area (Å²) >= 11 is 0. The highest BCUT2D eigenvalue weighted by Gasteiger charge is 2.20. The Hall–Kier alpha value is -3.54. The zero-order valence-electron chi connectivity index (χ0n) is 15.6. The first-order valence-corrected chi connectivity index (χ1v) is 9.21. The lowest BCUT2D eigenvalue weighted by molar-refractivity contribution is 0.101. The zero-order valence-corrected chi connectivity index (χ0v) is 15.6. The molecule has 6 heteroatoms. The lowest BCUT2D eigenvalue weighted by atomic mass is 10.0. The van der Waals surface area contributed by atoms with Crippen LogP contribution in [0, 0.1) is 0 Å². The quantitative estimate of drug-likeness (QED) is 0.700. The molecule has 0 fully saturated rings. The van der Waals surface area contributed by atoms with Gasteiger partial charge in [-0.2, -0.15) is 0 Å². The number of nitrogens with zero attached hydrogens (tertiary/aromatic N) is 3. The molecule has 1 aliphatic heterocycles. The number of fused-ring (bicyclic) bond motifs is 1. The Balaban J connectivity index is 1.52. The van der Waals surface area contributed by atoms with E-state index in [0.29, 0.717) is 22.8 Å². The van der Waals surface area contributed by atoms with Crippen molar-refractivity contribution < 1.29 is 9.59 Å². The average molecular weight is 372 g/mol. The second-order valence-corrected chi connectivity index (χ2v) is 6.75. The number of Topliss-reactive ketones (excluding diaryl/α,β-unsaturated/α-hetero) is 1. The van der Waals surface area contributed by atoms with E-state index in [0.717, 1.165) is 25.1 Å². The fourth-order valence-corrected chi connectivity index (χ4v) is 3.34. The molecular weight excluding hydrogens is 352 g/mol. The minimum Gasteiger partial charge on any atom is -0.322 e. The van der Waals surface area contributed by atoms with Gasteiger partial charge in [0.25, 0.3) is 5.91 Å². The third kappa shape index (κ3) is 3.62. The van der Waals surface area contributed by atoms with E-state index in [4.69, 9.17) is 0 Å². The zero-order chi connectivity index (χ0) is 19.5. The molecule has 0 spiro atoms. The summed E-state index contributed by atoms with van der Waals surface area (Å²) in [6.07, 6.45) is 5.15. The Kier molecular flexibility index (Phi) is 4.85. The number of aryl methyl sites for hydroxylation is 1. The fraction of sp³-hybridized carbons (Fsp3) is 0.182. The van der Waals surface area contributed by atoms with Crippen molar-refractivity contribution in [1.82, 2.24) is 9.97 Å². The van der Waals surface area contributed by atoms with Gasteiger partial charge in [0.1, 0.15) is 0 Å². The maximum atomic E-state index is 12.5. The van der Waals surface area contributed by atoms with Crippen LogP contribution in [0.2, 0.25) is 0 Å². The maximum absolute atomic E-state index is 12.5. The summed E-state index contributed by atoms with van der Waals surface area (Å²) < 4.78 is 0. The van der Waals surface area contributed by atoms with Crippen LogP contribution in [0.25, 0.3) is 0 Å². The Morgan fingerprint density at radius 1 is 1.00 bits per heavy atom. The highest BCUT2D eigenvalue weighted by molar-refractivity contribution is 6.04. The number of carbonyl (C=O) groups is 2. The van der Waals surface area contributed by atoms with Crippen molar-refractivity contribution in [2.24, 2.45) is 0 Å². The fourth-order valence-electron chi connectivity index (χ4n) is 3.34. The van der Waals surface area contributed by atoms with E-state index < -0.39 is 0 Å². The highest BCUT2D eigenvalue weighted by Crippen LogP contribution is 2.31. The van der Waals surface area contributed by atoms with E-state index in [1.165, 1.54) is 24.9 Å². The minimum absolute atomic E-state index is 0.0504. The lowest BCUT2D eigenvalue weighted by Gasteiger charge is -2.29. The van der Waals surface area contributed by atoms with E-state index in [9.17, 15) is 9.59 Å². The van der Waals surface area contributed by atoms with Gasteiger partial charge >= 0.3 is 0 Å². The van der Waals surface area contributed by atoms with Gasteiger partial charge in [-0.25, -0.2) is 9.97 Å². The van der Waals surface area contributed by atoms with E-state index in [1.807, 2.05) is 12.1 Å². The molecule has 1 N–H and O–H groups in total. The molecule has 0 bridgehead atoms. The van der Waals surface area contributed by atoms with Gasteiger partial charge in [0.2, 0.25) is 5.95 Å². The van der Waals surface area contributed by atoms with Crippen LogP contribution in [0.15, 0.2) is 60.9 Å². The number of hydrogen-bond donors (Lipinski definition) is 1. The van der Waals surface area contributed by atoms with Crippen molar-refractivity contribution in [3.63, 3.8) is 0 Å². The minimum atomic E-state index is -0.314. The number of aromatic nitrogens is 2. The third-order valence-corrected chi connectivity index (χ3v) is 4.78. The van der Waals surface area contributed by atoms with Crippen LogP contribution >= 0.6 is 0 Å². The highest BCUT2D eigenvalue weighted by atomic mass is 16.1. The van der Waals surface area contributed by atoms with Crippen molar-refractivity contribution in [3.05, 3.63) is 77.6 Å². The van der Waals surface area contributed by atoms with Crippen molar-refractivity contribution >= 4 is 29.0 Å². The summed E-state index contributed by atoms with van der Waals surface area (Å²) in [5, 5.41) is 2.78. The predicted molar refractivity (Wildman–Crippen MR) is 108 cm³/mol. The van der Waals surface area contributed by atoms with Crippen molar-refractivity contribution in [3.8, 4) is 0 Å². The Labute approximate surface area is 163 Å². The largest absolute Gasteiger partial charge is 0.322 e. The summed E-state index contributed by atoms with van der Waals surface area (Å²) in [4.78, 5) is 34.9. The maximum Gasteiger partial charge on any atom is 0.258 e. The van der Waals surface area contributed by atoms with Crippen molar-refractivity contribution in [1.29, 1.82) is 0 Å². The molecule has 0 saturated carbocycles. The molecule has 0 unspecified atom stereocenters. The molecule has 2 aromatic carbocycles. The first kappa shape index (κ1) is 17.9. The van der Waals surface area contributed by atoms with Crippen LogP contribution < -0.4 is 10.2 Å². The molecule has 0 aliphatic carbocycles.